The fraction of sp³-hybridized carbons (Fsp3) is 0.273. The van der Waals surface area contributed by atoms with Gasteiger partial charge in [-0.2, -0.15) is 0 Å². The third-order valence-corrected chi connectivity index (χ3v) is 5.49. The molecule has 1 aliphatic heterocycles. The number of hydrogen-bond donors (Lipinski definition) is 1. The van der Waals surface area contributed by atoms with E-state index >= 15 is 0 Å². The number of carbonyl (C=O) groups excluding carboxylic acids is 1. The lowest BCUT2D eigenvalue weighted by molar-refractivity contribution is -0.130. The lowest BCUT2D eigenvalue weighted by Gasteiger charge is -2.36. The van der Waals surface area contributed by atoms with Gasteiger partial charge in [-0.05, 0) is 54.3 Å². The first-order valence-corrected chi connectivity index (χ1v) is 9.78. The number of aryl methyl sites for hydroxylation is 1. The van der Waals surface area contributed by atoms with Gasteiger partial charge < -0.3 is 14.8 Å². The molecule has 0 aliphatic carbocycles. The Hall–Kier alpha value is -2.79. The highest BCUT2D eigenvalue weighted by Gasteiger charge is 2.21. The number of carbonyl (C=O) groups is 1. The van der Waals surface area contributed by atoms with Crippen molar-refractivity contribution in [3.63, 3.8) is 0 Å². The molecule has 0 atom stereocenters. The van der Waals surface area contributed by atoms with Gasteiger partial charge >= 0.3 is 0 Å². The standard InChI is InChI=1S/C22H22ClN3O2/c1-15-11-17-12-16(5-6-20(17)24-22(15)28)13-21(27)26-9-7-25(8-10-26)19-4-2-3-18(23)14-19/h2-6,11-12,14H,7-10,13H2,1H3,(H,24,28). The number of nitrogens with one attached hydrogen (secondary N) is 1. The number of rotatable bonds is 3. The maximum atomic E-state index is 12.8. The van der Waals surface area contributed by atoms with Gasteiger partial charge in [0, 0.05) is 48.0 Å². The molecule has 1 saturated heterocycles. The number of halogens is 1. The maximum absolute atomic E-state index is 12.8. The highest BCUT2D eigenvalue weighted by atomic mass is 35.5. The third-order valence-electron chi connectivity index (χ3n) is 5.26. The second kappa shape index (κ2) is 7.68. The number of benzene rings is 2. The van der Waals surface area contributed by atoms with Crippen LogP contribution in [0.1, 0.15) is 11.1 Å². The van der Waals surface area contributed by atoms with Crippen molar-refractivity contribution in [3.8, 4) is 0 Å². The Kier molecular flexibility index (Phi) is 5.09. The molecule has 2 heterocycles. The summed E-state index contributed by atoms with van der Waals surface area (Å²) in [6.07, 6.45) is 0.366. The number of hydrogen-bond acceptors (Lipinski definition) is 3. The van der Waals surface area contributed by atoms with Crippen LogP contribution in [0.3, 0.4) is 0 Å². The third kappa shape index (κ3) is 3.90. The van der Waals surface area contributed by atoms with Gasteiger partial charge in [0.25, 0.3) is 5.56 Å². The molecule has 0 spiro atoms. The van der Waals surface area contributed by atoms with Crippen LogP contribution in [-0.2, 0) is 11.2 Å². The molecule has 1 fully saturated rings. The van der Waals surface area contributed by atoms with Crippen LogP contribution in [0.2, 0.25) is 5.02 Å². The van der Waals surface area contributed by atoms with E-state index in [9.17, 15) is 9.59 Å². The summed E-state index contributed by atoms with van der Waals surface area (Å²) in [5.41, 5.74) is 3.45. The van der Waals surface area contributed by atoms with Crippen molar-refractivity contribution >= 4 is 34.1 Å². The molecular formula is C22H22ClN3O2. The number of aromatic nitrogens is 1. The molecule has 28 heavy (non-hydrogen) atoms. The molecule has 0 saturated carbocycles. The van der Waals surface area contributed by atoms with Gasteiger partial charge in [-0.3, -0.25) is 9.59 Å². The van der Waals surface area contributed by atoms with Crippen molar-refractivity contribution in [1.82, 2.24) is 9.88 Å². The monoisotopic (exact) mass is 395 g/mol. The number of anilines is 1. The fourth-order valence-corrected chi connectivity index (χ4v) is 3.83. The van der Waals surface area contributed by atoms with Crippen LogP contribution in [0.15, 0.2) is 53.3 Å². The molecule has 1 aromatic heterocycles. The van der Waals surface area contributed by atoms with E-state index < -0.39 is 0 Å². The SMILES string of the molecule is Cc1cc2cc(CC(=O)N3CCN(c4cccc(Cl)c4)CC3)ccc2[nH]c1=O. The topological polar surface area (TPSA) is 56.4 Å². The first-order chi connectivity index (χ1) is 13.5. The largest absolute Gasteiger partial charge is 0.368 e. The Balaban J connectivity index is 1.41. The van der Waals surface area contributed by atoms with E-state index in [0.717, 1.165) is 40.3 Å². The van der Waals surface area contributed by atoms with Crippen LogP contribution in [0, 0.1) is 6.92 Å². The van der Waals surface area contributed by atoms with Crippen molar-refractivity contribution in [2.24, 2.45) is 0 Å². The summed E-state index contributed by atoms with van der Waals surface area (Å²) in [6.45, 7) is 4.78. The lowest BCUT2D eigenvalue weighted by Crippen LogP contribution is -2.49. The molecule has 6 heteroatoms. The van der Waals surface area contributed by atoms with Gasteiger partial charge in [-0.15, -0.1) is 0 Å². The summed E-state index contributed by atoms with van der Waals surface area (Å²) in [5, 5.41) is 1.68. The van der Waals surface area contributed by atoms with Crippen molar-refractivity contribution in [2.45, 2.75) is 13.3 Å². The number of piperazine rings is 1. The Morgan fingerprint density at radius 2 is 1.86 bits per heavy atom. The number of nitrogens with zero attached hydrogens (tertiary/aromatic N) is 2. The van der Waals surface area contributed by atoms with E-state index in [1.165, 1.54) is 0 Å². The molecule has 1 aliphatic rings. The molecule has 0 unspecified atom stereocenters. The van der Waals surface area contributed by atoms with E-state index in [1.807, 2.05) is 53.4 Å². The highest BCUT2D eigenvalue weighted by molar-refractivity contribution is 6.30. The van der Waals surface area contributed by atoms with Crippen LogP contribution in [0.4, 0.5) is 5.69 Å². The average Bonchev–Trinajstić information content (AvgIpc) is 2.69. The second-order valence-electron chi connectivity index (χ2n) is 7.23. The van der Waals surface area contributed by atoms with E-state index in [2.05, 4.69) is 9.88 Å². The normalized spacial score (nSPS) is 14.5. The zero-order chi connectivity index (χ0) is 19.7. The summed E-state index contributed by atoms with van der Waals surface area (Å²) in [5.74, 6) is 0.131. The number of amides is 1. The zero-order valence-electron chi connectivity index (χ0n) is 15.7. The fourth-order valence-electron chi connectivity index (χ4n) is 3.65. The van der Waals surface area contributed by atoms with E-state index in [0.29, 0.717) is 25.1 Å². The van der Waals surface area contributed by atoms with Crippen molar-refractivity contribution < 1.29 is 4.79 Å². The predicted molar refractivity (Wildman–Crippen MR) is 113 cm³/mol. The van der Waals surface area contributed by atoms with Gasteiger partial charge in [0.15, 0.2) is 0 Å². The summed E-state index contributed by atoms with van der Waals surface area (Å²) in [7, 11) is 0. The smallest absolute Gasteiger partial charge is 0.251 e. The molecule has 144 valence electrons. The van der Waals surface area contributed by atoms with E-state index in [4.69, 9.17) is 11.6 Å². The number of aromatic amines is 1. The molecule has 4 rings (SSSR count). The average molecular weight is 396 g/mol. The van der Waals surface area contributed by atoms with Gasteiger partial charge in [0.1, 0.15) is 0 Å². The van der Waals surface area contributed by atoms with Crippen molar-refractivity contribution in [2.75, 3.05) is 31.1 Å². The minimum absolute atomic E-state index is 0.0751. The summed E-state index contributed by atoms with van der Waals surface area (Å²) in [4.78, 5) is 31.5. The molecule has 0 radical (unpaired) electrons. The molecular weight excluding hydrogens is 374 g/mol. The molecule has 1 amide bonds. The van der Waals surface area contributed by atoms with Crippen LogP contribution in [-0.4, -0.2) is 42.0 Å². The lowest BCUT2D eigenvalue weighted by atomic mass is 10.1. The summed E-state index contributed by atoms with van der Waals surface area (Å²) in [6, 6.07) is 15.5. The second-order valence-corrected chi connectivity index (χ2v) is 7.66. The van der Waals surface area contributed by atoms with Crippen molar-refractivity contribution in [3.05, 3.63) is 75.0 Å². The molecule has 5 nitrogen and oxygen atoms in total. The van der Waals surface area contributed by atoms with Crippen LogP contribution in [0.25, 0.3) is 10.9 Å². The Morgan fingerprint density at radius 3 is 2.61 bits per heavy atom. The van der Waals surface area contributed by atoms with Gasteiger partial charge in [-0.1, -0.05) is 23.7 Å². The van der Waals surface area contributed by atoms with E-state index in [1.54, 1.807) is 6.92 Å². The summed E-state index contributed by atoms with van der Waals surface area (Å²) < 4.78 is 0. The van der Waals surface area contributed by atoms with Crippen LogP contribution in [0.5, 0.6) is 0 Å². The Labute approximate surface area is 168 Å². The molecule has 1 N–H and O–H groups in total. The quantitative estimate of drug-likeness (QED) is 0.739. The molecule has 3 aromatic rings. The van der Waals surface area contributed by atoms with E-state index in [-0.39, 0.29) is 11.5 Å². The van der Waals surface area contributed by atoms with Gasteiger partial charge in [0.05, 0.1) is 6.42 Å². The van der Waals surface area contributed by atoms with Gasteiger partial charge in [0.2, 0.25) is 5.91 Å². The highest BCUT2D eigenvalue weighted by Crippen LogP contribution is 2.21. The minimum Gasteiger partial charge on any atom is -0.368 e. The zero-order valence-corrected chi connectivity index (χ0v) is 16.5. The Bertz CT molecular complexity index is 1080. The van der Waals surface area contributed by atoms with Crippen LogP contribution < -0.4 is 10.5 Å². The number of H-pyrrole nitrogens is 1. The van der Waals surface area contributed by atoms with Crippen molar-refractivity contribution in [1.29, 1.82) is 0 Å². The first-order valence-electron chi connectivity index (χ1n) is 9.40. The molecule has 2 aromatic carbocycles. The van der Waals surface area contributed by atoms with Crippen LogP contribution >= 0.6 is 11.6 Å². The Morgan fingerprint density at radius 1 is 1.07 bits per heavy atom. The predicted octanol–water partition coefficient (Wildman–Crippen LogP) is 3.38. The maximum Gasteiger partial charge on any atom is 0.251 e. The number of pyridine rings is 1. The minimum atomic E-state index is -0.0751. The summed E-state index contributed by atoms with van der Waals surface area (Å²) >= 11 is 6.08. The first kappa shape index (κ1) is 18.6. The molecule has 0 bridgehead atoms. The van der Waals surface area contributed by atoms with Gasteiger partial charge in [-0.25, -0.2) is 0 Å². The number of fused-ring (bicyclic) bond motifs is 1.